The molecule has 6 nitrogen and oxygen atoms in total. The number of carbonyl (C=O) groups is 2. The van der Waals surface area contributed by atoms with Gasteiger partial charge in [-0.25, -0.2) is 0 Å². The van der Waals surface area contributed by atoms with Crippen LogP contribution in [-0.2, 0) is 28.5 Å². The van der Waals surface area contributed by atoms with E-state index < -0.39 is 0 Å². The molecule has 2 heterocycles. The van der Waals surface area contributed by atoms with Crippen LogP contribution in [0.2, 0.25) is 0 Å². The number of fused-ring (bicyclic) bond motifs is 1. The summed E-state index contributed by atoms with van der Waals surface area (Å²) in [6.07, 6.45) is 7.76. The molecule has 0 aromatic carbocycles. The Morgan fingerprint density at radius 2 is 1.64 bits per heavy atom. The van der Waals surface area contributed by atoms with Crippen molar-refractivity contribution in [2.24, 2.45) is 11.8 Å². The van der Waals surface area contributed by atoms with Gasteiger partial charge in [-0.05, 0) is 51.9 Å². The van der Waals surface area contributed by atoms with E-state index in [2.05, 4.69) is 0 Å². The second-order valence-corrected chi connectivity index (χ2v) is 7.51. The Morgan fingerprint density at radius 1 is 0.920 bits per heavy atom. The average molecular weight is 354 g/mol. The maximum Gasteiger partial charge on any atom is 0.309 e. The summed E-state index contributed by atoms with van der Waals surface area (Å²) in [4.78, 5) is 24.2. The van der Waals surface area contributed by atoms with Crippen LogP contribution in [0.25, 0.3) is 0 Å². The van der Waals surface area contributed by atoms with E-state index in [0.29, 0.717) is 38.4 Å². The van der Waals surface area contributed by atoms with Crippen molar-refractivity contribution in [1.82, 2.24) is 0 Å². The second kappa shape index (κ2) is 8.99. The number of carbonyl (C=O) groups excluding carboxylic acids is 2. The van der Waals surface area contributed by atoms with Crippen molar-refractivity contribution >= 4 is 11.9 Å². The van der Waals surface area contributed by atoms with Crippen LogP contribution >= 0.6 is 0 Å². The van der Waals surface area contributed by atoms with Crippen LogP contribution in [0.3, 0.4) is 0 Å². The molecule has 5 atom stereocenters. The Morgan fingerprint density at radius 3 is 2.40 bits per heavy atom. The quantitative estimate of drug-likeness (QED) is 0.415. The molecule has 3 rings (SSSR count). The molecule has 2 aliphatic heterocycles. The molecule has 3 fully saturated rings. The lowest BCUT2D eigenvalue weighted by atomic mass is 9.91. The van der Waals surface area contributed by atoms with Crippen molar-refractivity contribution in [2.75, 3.05) is 19.8 Å². The molecule has 1 aliphatic carbocycles. The van der Waals surface area contributed by atoms with E-state index >= 15 is 0 Å². The molecular weight excluding hydrogens is 324 g/mol. The zero-order valence-electron chi connectivity index (χ0n) is 15.1. The molecule has 1 saturated carbocycles. The van der Waals surface area contributed by atoms with Crippen LogP contribution in [0.1, 0.15) is 58.3 Å². The number of esters is 2. The first-order chi connectivity index (χ1) is 12.1. The minimum Gasteiger partial charge on any atom is -0.465 e. The van der Waals surface area contributed by atoms with Crippen molar-refractivity contribution < 1.29 is 28.5 Å². The highest BCUT2D eigenvalue weighted by Crippen LogP contribution is 2.36. The molecule has 2 saturated heterocycles. The van der Waals surface area contributed by atoms with Crippen LogP contribution < -0.4 is 0 Å². The lowest BCUT2D eigenvalue weighted by Gasteiger charge is -2.25. The molecule has 0 radical (unpaired) electrons. The third kappa shape index (κ3) is 5.68. The van der Waals surface area contributed by atoms with Gasteiger partial charge < -0.3 is 18.9 Å². The van der Waals surface area contributed by atoms with E-state index in [-0.39, 0.29) is 29.9 Å². The molecule has 25 heavy (non-hydrogen) atoms. The molecule has 0 spiro atoms. The second-order valence-electron chi connectivity index (χ2n) is 7.51. The Balaban J connectivity index is 1.26. The zero-order valence-corrected chi connectivity index (χ0v) is 15.1. The van der Waals surface area contributed by atoms with Gasteiger partial charge in [-0.2, -0.15) is 0 Å². The smallest absolute Gasteiger partial charge is 0.309 e. The number of hydrogen-bond donors (Lipinski definition) is 0. The number of hydrogen-bond acceptors (Lipinski definition) is 6. The SMILES string of the molecule is CC1CC(C(=O)OCCCOC(=O)C2CCCC3OC3CC2)CCO1. The van der Waals surface area contributed by atoms with Gasteiger partial charge in [0.1, 0.15) is 0 Å². The van der Waals surface area contributed by atoms with E-state index in [4.69, 9.17) is 18.9 Å². The van der Waals surface area contributed by atoms with Gasteiger partial charge in [0.15, 0.2) is 0 Å². The molecule has 3 aliphatic rings. The third-order valence-corrected chi connectivity index (χ3v) is 5.46. The van der Waals surface area contributed by atoms with Gasteiger partial charge in [-0.1, -0.05) is 0 Å². The molecule has 0 aromatic heterocycles. The summed E-state index contributed by atoms with van der Waals surface area (Å²) >= 11 is 0. The molecule has 6 heteroatoms. The van der Waals surface area contributed by atoms with Crippen LogP contribution in [0, 0.1) is 11.8 Å². The molecule has 0 N–H and O–H groups in total. The predicted octanol–water partition coefficient (Wildman–Crippen LogP) is 2.63. The third-order valence-electron chi connectivity index (χ3n) is 5.46. The van der Waals surface area contributed by atoms with Gasteiger partial charge >= 0.3 is 11.9 Å². The summed E-state index contributed by atoms with van der Waals surface area (Å²) in [7, 11) is 0. The number of rotatable bonds is 6. The zero-order chi connectivity index (χ0) is 17.6. The fraction of sp³-hybridized carbons (Fsp3) is 0.895. The first kappa shape index (κ1) is 18.6. The highest BCUT2D eigenvalue weighted by Gasteiger charge is 2.40. The van der Waals surface area contributed by atoms with Crippen molar-refractivity contribution in [3.05, 3.63) is 0 Å². The van der Waals surface area contributed by atoms with Crippen molar-refractivity contribution in [3.63, 3.8) is 0 Å². The Kier molecular flexibility index (Phi) is 6.70. The van der Waals surface area contributed by atoms with E-state index in [9.17, 15) is 9.59 Å². The number of epoxide rings is 1. The maximum absolute atomic E-state index is 12.2. The Labute approximate surface area is 149 Å². The topological polar surface area (TPSA) is 74.4 Å². The fourth-order valence-corrected chi connectivity index (χ4v) is 3.85. The van der Waals surface area contributed by atoms with Gasteiger partial charge in [-0.15, -0.1) is 0 Å². The van der Waals surface area contributed by atoms with Gasteiger partial charge in [0.2, 0.25) is 0 Å². The first-order valence-electron chi connectivity index (χ1n) is 9.74. The summed E-state index contributed by atoms with van der Waals surface area (Å²) < 4.78 is 21.7. The van der Waals surface area contributed by atoms with E-state index in [1.165, 1.54) is 0 Å². The van der Waals surface area contributed by atoms with E-state index in [1.54, 1.807) is 0 Å². The normalized spacial score (nSPS) is 35.0. The molecule has 0 bridgehead atoms. The molecule has 0 aromatic rings. The minimum absolute atomic E-state index is 0.00331. The summed E-state index contributed by atoms with van der Waals surface area (Å²) in [5, 5.41) is 0. The van der Waals surface area contributed by atoms with Crippen LogP contribution in [0.5, 0.6) is 0 Å². The molecule has 5 unspecified atom stereocenters. The largest absolute Gasteiger partial charge is 0.465 e. The highest BCUT2D eigenvalue weighted by atomic mass is 16.6. The van der Waals surface area contributed by atoms with Gasteiger partial charge in [0.25, 0.3) is 0 Å². The summed E-state index contributed by atoms with van der Waals surface area (Å²) in [6, 6.07) is 0. The first-order valence-corrected chi connectivity index (χ1v) is 9.74. The molecule has 0 amide bonds. The summed E-state index contributed by atoms with van der Waals surface area (Å²) in [6.45, 7) is 3.21. The fourth-order valence-electron chi connectivity index (χ4n) is 3.85. The minimum atomic E-state index is -0.152. The predicted molar refractivity (Wildman–Crippen MR) is 89.9 cm³/mol. The van der Waals surface area contributed by atoms with E-state index in [0.717, 1.165) is 44.9 Å². The van der Waals surface area contributed by atoms with Crippen molar-refractivity contribution in [3.8, 4) is 0 Å². The summed E-state index contributed by atoms with van der Waals surface area (Å²) in [5.41, 5.74) is 0. The van der Waals surface area contributed by atoms with E-state index in [1.807, 2.05) is 6.92 Å². The lowest BCUT2D eigenvalue weighted by molar-refractivity contribution is -0.154. The maximum atomic E-state index is 12.2. The van der Waals surface area contributed by atoms with Gasteiger partial charge in [0, 0.05) is 13.0 Å². The Hall–Kier alpha value is -1.14. The molecule has 142 valence electrons. The standard InChI is InChI=1S/C19H30O6/c1-13-12-15(8-11-22-13)19(21)24-10-3-9-23-18(20)14-4-2-5-16-17(25-16)7-6-14/h13-17H,2-12H2,1H3. The Bertz CT molecular complexity index is 465. The van der Waals surface area contributed by atoms with Crippen molar-refractivity contribution in [2.45, 2.75) is 76.6 Å². The van der Waals surface area contributed by atoms with Crippen LogP contribution in [0.15, 0.2) is 0 Å². The van der Waals surface area contributed by atoms with Crippen LogP contribution in [-0.4, -0.2) is 50.1 Å². The highest BCUT2D eigenvalue weighted by molar-refractivity contribution is 5.73. The van der Waals surface area contributed by atoms with Gasteiger partial charge in [0.05, 0.1) is 43.4 Å². The molecular formula is C19H30O6. The number of ether oxygens (including phenoxy) is 4. The lowest BCUT2D eigenvalue weighted by Crippen LogP contribution is -2.30. The average Bonchev–Trinajstić information content (AvgIpc) is 3.31. The van der Waals surface area contributed by atoms with Crippen LogP contribution in [0.4, 0.5) is 0 Å². The summed E-state index contributed by atoms with van der Waals surface area (Å²) in [5.74, 6) is -0.324. The van der Waals surface area contributed by atoms with Crippen molar-refractivity contribution in [1.29, 1.82) is 0 Å². The van der Waals surface area contributed by atoms with Gasteiger partial charge in [-0.3, -0.25) is 9.59 Å². The monoisotopic (exact) mass is 354 g/mol.